The van der Waals surface area contributed by atoms with Gasteiger partial charge < -0.3 is 29.3 Å². The second kappa shape index (κ2) is 16.0. The molecule has 1 N–H and O–H groups in total. The Morgan fingerprint density at radius 2 is 1.78 bits per heavy atom. The molecule has 2 aromatic carbocycles. The number of likely N-dealkylation sites (tertiary alicyclic amines) is 1. The van der Waals surface area contributed by atoms with Gasteiger partial charge in [-0.1, -0.05) is 72.8 Å². The first-order chi connectivity index (χ1) is 23.7. The zero-order chi connectivity index (χ0) is 35.1. The average molecular weight is 672 g/mol. The molecule has 0 unspecified atom stereocenters. The minimum absolute atomic E-state index is 0.0388. The molecular weight excluding hydrogens is 622 g/mol. The lowest BCUT2D eigenvalue weighted by molar-refractivity contribution is -0.164. The van der Waals surface area contributed by atoms with Crippen molar-refractivity contribution in [2.45, 2.75) is 81.9 Å². The van der Waals surface area contributed by atoms with E-state index in [-0.39, 0.29) is 43.8 Å². The van der Waals surface area contributed by atoms with Crippen molar-refractivity contribution in [3.63, 3.8) is 0 Å². The van der Waals surface area contributed by atoms with Crippen LogP contribution in [0, 0.1) is 11.8 Å². The van der Waals surface area contributed by atoms with E-state index in [1.807, 2.05) is 67.6 Å². The van der Waals surface area contributed by atoms with Crippen molar-refractivity contribution < 1.29 is 33.8 Å². The van der Waals surface area contributed by atoms with E-state index in [9.17, 15) is 24.3 Å². The van der Waals surface area contributed by atoms with E-state index in [1.165, 1.54) is 0 Å². The van der Waals surface area contributed by atoms with Crippen LogP contribution in [0.3, 0.4) is 0 Å². The van der Waals surface area contributed by atoms with Gasteiger partial charge in [0.25, 0.3) is 0 Å². The van der Waals surface area contributed by atoms with Gasteiger partial charge in [0, 0.05) is 39.7 Å². The van der Waals surface area contributed by atoms with Crippen LogP contribution in [0.1, 0.15) is 62.7 Å². The molecule has 49 heavy (non-hydrogen) atoms. The molecule has 10 heteroatoms. The first-order valence-corrected chi connectivity index (χ1v) is 17.3. The van der Waals surface area contributed by atoms with Crippen molar-refractivity contribution >= 4 is 23.7 Å². The molecule has 3 aliphatic heterocycles. The average Bonchev–Trinajstić information content (AvgIpc) is 3.76. The molecule has 0 radical (unpaired) electrons. The van der Waals surface area contributed by atoms with Crippen LogP contribution in [-0.4, -0.2) is 94.0 Å². The Kier molecular flexibility index (Phi) is 11.7. The third-order valence-electron chi connectivity index (χ3n) is 10.4. The van der Waals surface area contributed by atoms with Gasteiger partial charge in [-0.2, -0.15) is 0 Å². The Labute approximate surface area is 289 Å². The number of benzene rings is 2. The Balaban J connectivity index is 1.46. The summed E-state index contributed by atoms with van der Waals surface area (Å²) in [5.41, 5.74) is 0.473. The Hall–Kier alpha value is -4.28. The predicted octanol–water partition coefficient (Wildman–Crippen LogP) is 4.45. The number of nitrogens with zero attached hydrogens (tertiary/aromatic N) is 3. The van der Waals surface area contributed by atoms with Crippen molar-refractivity contribution in [1.82, 2.24) is 14.7 Å². The molecule has 1 spiro atoms. The maximum atomic E-state index is 14.6. The number of carbonyl (C=O) groups excluding carboxylic acids is 4. The van der Waals surface area contributed by atoms with Gasteiger partial charge in [0.05, 0.1) is 24.0 Å². The van der Waals surface area contributed by atoms with Crippen LogP contribution in [-0.2, 0) is 35.2 Å². The molecule has 3 aliphatic rings. The monoisotopic (exact) mass is 671 g/mol. The standard InChI is InChI=1S/C39H49N3O7/c1-5-7-20-31(44)40(4)27(3)34(29-18-12-9-13-19-29)48-38(47)32-30-21-22-39(49-30)33(32)36(45)42(24-14-15-25-43)35(39)37(46)41(23-6-2)26-28-16-10-8-11-17-28/h5-6,8-13,16-19,27,30,32-35,43H,1-2,7,14-15,20-26H2,3-4H3/t27-,30+,32-,33-,34+,35+,39-/m1/s1. The van der Waals surface area contributed by atoms with Crippen LogP contribution < -0.4 is 0 Å². The molecule has 0 aromatic heterocycles. The lowest BCUT2D eigenvalue weighted by atomic mass is 9.70. The van der Waals surface area contributed by atoms with Gasteiger partial charge in [-0.15, -0.1) is 13.2 Å². The van der Waals surface area contributed by atoms with Crippen LogP contribution in [0.5, 0.6) is 0 Å². The lowest BCUT2D eigenvalue weighted by Gasteiger charge is -2.37. The van der Waals surface area contributed by atoms with Crippen LogP contribution in [0.25, 0.3) is 0 Å². The highest BCUT2D eigenvalue weighted by Crippen LogP contribution is 2.59. The second-order valence-corrected chi connectivity index (χ2v) is 13.4. The summed E-state index contributed by atoms with van der Waals surface area (Å²) in [6.45, 7) is 10.2. The van der Waals surface area contributed by atoms with Crippen LogP contribution in [0.4, 0.5) is 0 Å². The fourth-order valence-electron chi connectivity index (χ4n) is 7.82. The van der Waals surface area contributed by atoms with Crippen molar-refractivity contribution in [3.8, 4) is 0 Å². The molecule has 0 saturated carbocycles. The Morgan fingerprint density at radius 1 is 1.08 bits per heavy atom. The summed E-state index contributed by atoms with van der Waals surface area (Å²) in [6, 6.07) is 17.5. The van der Waals surface area contributed by atoms with Gasteiger partial charge in [0.15, 0.2) is 0 Å². The van der Waals surface area contributed by atoms with E-state index in [1.54, 1.807) is 33.9 Å². The summed E-state index contributed by atoms with van der Waals surface area (Å²) < 4.78 is 13.0. The second-order valence-electron chi connectivity index (χ2n) is 13.4. The molecule has 2 bridgehead atoms. The van der Waals surface area contributed by atoms with E-state index in [0.717, 1.165) is 11.1 Å². The van der Waals surface area contributed by atoms with E-state index in [0.29, 0.717) is 38.6 Å². The van der Waals surface area contributed by atoms with Gasteiger partial charge in [-0.25, -0.2) is 0 Å². The van der Waals surface area contributed by atoms with Crippen molar-refractivity contribution in [3.05, 3.63) is 97.1 Å². The number of unbranched alkanes of at least 4 members (excludes halogenated alkanes) is 1. The zero-order valence-corrected chi connectivity index (χ0v) is 28.6. The number of amides is 3. The molecule has 3 saturated heterocycles. The van der Waals surface area contributed by atoms with Crippen LogP contribution in [0.15, 0.2) is 86.0 Å². The van der Waals surface area contributed by atoms with E-state index >= 15 is 0 Å². The smallest absolute Gasteiger partial charge is 0.313 e. The summed E-state index contributed by atoms with van der Waals surface area (Å²) in [7, 11) is 1.70. The zero-order valence-electron chi connectivity index (χ0n) is 28.6. The van der Waals surface area contributed by atoms with Crippen molar-refractivity contribution in [2.24, 2.45) is 11.8 Å². The van der Waals surface area contributed by atoms with Crippen molar-refractivity contribution in [2.75, 3.05) is 26.7 Å². The topological polar surface area (TPSA) is 117 Å². The van der Waals surface area contributed by atoms with Gasteiger partial charge in [0.1, 0.15) is 17.7 Å². The van der Waals surface area contributed by atoms with Gasteiger partial charge in [0.2, 0.25) is 17.7 Å². The molecule has 3 heterocycles. The summed E-state index contributed by atoms with van der Waals surface area (Å²) in [5, 5.41) is 9.52. The fraction of sp³-hybridized carbons (Fsp3) is 0.487. The first kappa shape index (κ1) is 36.0. The highest BCUT2D eigenvalue weighted by molar-refractivity contribution is 5.98. The van der Waals surface area contributed by atoms with Gasteiger partial charge in [-0.05, 0) is 50.2 Å². The highest BCUT2D eigenvalue weighted by atomic mass is 16.6. The van der Waals surface area contributed by atoms with Gasteiger partial charge in [-0.3, -0.25) is 19.2 Å². The Bertz CT molecular complexity index is 1500. The molecular formula is C39H49N3O7. The predicted molar refractivity (Wildman–Crippen MR) is 185 cm³/mol. The SMILES string of the molecule is C=CCCC(=O)N(C)[C@H](C)[C@H](OC(=O)[C@@H]1[C@@H]2CC[C@]3(O2)[C@H](C(=O)N(CC=C)Cc2ccccc2)N(CCCCO)C(=O)[C@@H]13)c1ccccc1. The first-order valence-electron chi connectivity index (χ1n) is 17.3. The number of likely N-dealkylation sites (N-methyl/N-ethyl adjacent to an activating group) is 1. The summed E-state index contributed by atoms with van der Waals surface area (Å²) in [6.07, 6.45) is 4.70. The summed E-state index contributed by atoms with van der Waals surface area (Å²) in [5.74, 6) is -3.05. The number of esters is 1. The fourth-order valence-corrected chi connectivity index (χ4v) is 7.82. The normalized spacial score (nSPS) is 25.0. The van der Waals surface area contributed by atoms with Crippen molar-refractivity contribution in [1.29, 1.82) is 0 Å². The third-order valence-corrected chi connectivity index (χ3v) is 10.4. The number of hydrogen-bond donors (Lipinski definition) is 1. The minimum atomic E-state index is -1.19. The number of hydrogen-bond acceptors (Lipinski definition) is 7. The maximum Gasteiger partial charge on any atom is 0.313 e. The summed E-state index contributed by atoms with van der Waals surface area (Å²) in [4.78, 5) is 61.2. The quantitative estimate of drug-likeness (QED) is 0.150. The molecule has 2 aromatic rings. The third kappa shape index (κ3) is 7.21. The molecule has 3 fully saturated rings. The lowest BCUT2D eigenvalue weighted by Crippen LogP contribution is -2.56. The van der Waals surface area contributed by atoms with Crippen LogP contribution in [0.2, 0.25) is 0 Å². The van der Waals surface area contributed by atoms with E-state index in [2.05, 4.69) is 13.2 Å². The molecule has 262 valence electrons. The molecule has 7 atom stereocenters. The number of allylic oxidation sites excluding steroid dienone is 1. The Morgan fingerprint density at radius 3 is 2.43 bits per heavy atom. The molecule has 5 rings (SSSR count). The van der Waals surface area contributed by atoms with E-state index < -0.39 is 47.7 Å². The number of carbonyl (C=O) groups is 4. The molecule has 0 aliphatic carbocycles. The number of rotatable bonds is 17. The molecule has 10 nitrogen and oxygen atoms in total. The largest absolute Gasteiger partial charge is 0.455 e. The molecule has 3 amide bonds. The number of ether oxygens (including phenoxy) is 2. The number of aliphatic hydroxyl groups is 1. The summed E-state index contributed by atoms with van der Waals surface area (Å²) >= 11 is 0. The van der Waals surface area contributed by atoms with Gasteiger partial charge >= 0.3 is 5.97 Å². The number of aliphatic hydroxyl groups excluding tert-OH is 1. The van der Waals surface area contributed by atoms with E-state index in [4.69, 9.17) is 9.47 Å². The highest BCUT2D eigenvalue weighted by Gasteiger charge is 2.75. The number of fused-ring (bicyclic) bond motifs is 1. The minimum Gasteiger partial charge on any atom is -0.455 e. The maximum absolute atomic E-state index is 14.6. The van der Waals surface area contributed by atoms with Crippen LogP contribution >= 0.6 is 0 Å².